The maximum absolute atomic E-state index is 12.7. The largest absolute Gasteiger partial charge is 0.481 e. The summed E-state index contributed by atoms with van der Waals surface area (Å²) >= 11 is 0. The molecule has 1 saturated carbocycles. The Bertz CT molecular complexity index is 661. The van der Waals surface area contributed by atoms with Crippen LogP contribution in [0, 0.1) is 5.92 Å². The van der Waals surface area contributed by atoms with Crippen molar-refractivity contribution in [3.63, 3.8) is 0 Å². The third kappa shape index (κ3) is 9.77. The van der Waals surface area contributed by atoms with Gasteiger partial charge in [-0.3, -0.25) is 19.2 Å². The molecule has 0 aromatic heterocycles. The molecule has 0 heterocycles. The number of rotatable bonds is 12. The minimum absolute atomic E-state index is 0.108. The molecular weight excluding hydrogens is 410 g/mol. The van der Waals surface area contributed by atoms with Gasteiger partial charge >= 0.3 is 17.9 Å². The maximum atomic E-state index is 12.7. The van der Waals surface area contributed by atoms with Gasteiger partial charge in [0.2, 0.25) is 11.8 Å². The Morgan fingerprint density at radius 1 is 0.968 bits per heavy atom. The molecule has 176 valence electrons. The average Bonchev–Trinajstić information content (AvgIpc) is 2.69. The van der Waals surface area contributed by atoms with Crippen molar-refractivity contribution in [1.82, 2.24) is 10.6 Å². The fourth-order valence-corrected chi connectivity index (χ4v) is 3.26. The van der Waals surface area contributed by atoms with Crippen LogP contribution in [0.4, 0.5) is 0 Å². The van der Waals surface area contributed by atoms with E-state index in [1.54, 1.807) is 13.8 Å². The molecule has 1 aliphatic carbocycles. The van der Waals surface area contributed by atoms with Crippen molar-refractivity contribution in [3.05, 3.63) is 0 Å². The van der Waals surface area contributed by atoms with E-state index >= 15 is 0 Å². The molecule has 11 nitrogen and oxygen atoms in total. The lowest BCUT2D eigenvalue weighted by Crippen LogP contribution is -2.56. The molecule has 1 aliphatic rings. The van der Waals surface area contributed by atoms with E-state index in [9.17, 15) is 24.0 Å². The molecule has 0 radical (unpaired) electrons. The molecule has 0 spiro atoms. The van der Waals surface area contributed by atoms with E-state index < -0.39 is 60.2 Å². The molecule has 0 aromatic carbocycles. The number of hydrogen-bond donors (Lipinski definition) is 5. The van der Waals surface area contributed by atoms with Crippen LogP contribution in [0.2, 0.25) is 0 Å². The van der Waals surface area contributed by atoms with E-state index in [4.69, 9.17) is 20.7 Å². The smallest absolute Gasteiger partial charge is 0.329 e. The highest BCUT2D eigenvalue weighted by molar-refractivity contribution is 5.93. The predicted molar refractivity (Wildman–Crippen MR) is 109 cm³/mol. The first-order chi connectivity index (χ1) is 14.5. The van der Waals surface area contributed by atoms with E-state index in [1.165, 1.54) is 0 Å². The number of aliphatic carboxylic acids is 2. The number of ether oxygens (including phenoxy) is 1. The first kappa shape index (κ1) is 26.3. The lowest BCUT2D eigenvalue weighted by Gasteiger charge is -2.27. The zero-order valence-corrected chi connectivity index (χ0v) is 18.0. The van der Waals surface area contributed by atoms with Gasteiger partial charge in [0.1, 0.15) is 18.2 Å². The molecule has 11 heteroatoms. The molecule has 6 N–H and O–H groups in total. The zero-order valence-electron chi connectivity index (χ0n) is 18.0. The van der Waals surface area contributed by atoms with Gasteiger partial charge in [-0.25, -0.2) is 4.79 Å². The molecule has 2 amide bonds. The Morgan fingerprint density at radius 3 is 2.10 bits per heavy atom. The number of carbonyl (C=O) groups excluding carboxylic acids is 3. The molecule has 3 atom stereocenters. The number of nitrogens with two attached hydrogens (primary N) is 1. The molecule has 0 unspecified atom stereocenters. The third-order valence-corrected chi connectivity index (χ3v) is 5.07. The number of amides is 2. The van der Waals surface area contributed by atoms with Crippen LogP contribution in [0.15, 0.2) is 0 Å². The molecule has 0 bridgehead atoms. The summed E-state index contributed by atoms with van der Waals surface area (Å²) in [7, 11) is 0. The first-order valence-electron chi connectivity index (χ1n) is 10.5. The fraction of sp³-hybridized carbons (Fsp3) is 0.750. The van der Waals surface area contributed by atoms with Gasteiger partial charge in [0.05, 0.1) is 12.5 Å². The molecular formula is C20H33N3O8. The second kappa shape index (κ2) is 12.9. The van der Waals surface area contributed by atoms with Gasteiger partial charge in [0.25, 0.3) is 0 Å². The van der Waals surface area contributed by atoms with Crippen molar-refractivity contribution in [2.45, 2.75) is 89.4 Å². The van der Waals surface area contributed by atoms with E-state index in [2.05, 4.69) is 10.6 Å². The number of esters is 1. The highest BCUT2D eigenvalue weighted by Crippen LogP contribution is 2.21. The van der Waals surface area contributed by atoms with Gasteiger partial charge in [-0.05, 0) is 38.0 Å². The minimum Gasteiger partial charge on any atom is -0.481 e. The lowest BCUT2D eigenvalue weighted by atomic mass is 9.97. The van der Waals surface area contributed by atoms with E-state index in [0.29, 0.717) is 12.8 Å². The molecule has 0 aromatic rings. The van der Waals surface area contributed by atoms with Crippen LogP contribution in [-0.2, 0) is 28.7 Å². The highest BCUT2D eigenvalue weighted by atomic mass is 16.5. The van der Waals surface area contributed by atoms with Crippen LogP contribution in [0.5, 0.6) is 0 Å². The summed E-state index contributed by atoms with van der Waals surface area (Å²) in [6.45, 7) is 3.31. The van der Waals surface area contributed by atoms with Gasteiger partial charge < -0.3 is 31.3 Å². The minimum atomic E-state index is -1.40. The third-order valence-electron chi connectivity index (χ3n) is 5.07. The van der Waals surface area contributed by atoms with Gasteiger partial charge in [0.15, 0.2) is 0 Å². The molecule has 0 saturated heterocycles. The first-order valence-corrected chi connectivity index (χ1v) is 10.5. The second-order valence-electron chi connectivity index (χ2n) is 8.13. The topological polar surface area (TPSA) is 185 Å². The average molecular weight is 443 g/mol. The van der Waals surface area contributed by atoms with Crippen LogP contribution in [-0.4, -0.2) is 64.2 Å². The zero-order chi connectivity index (χ0) is 23.6. The van der Waals surface area contributed by atoms with Crippen molar-refractivity contribution in [1.29, 1.82) is 0 Å². The molecule has 0 aliphatic heterocycles. The van der Waals surface area contributed by atoms with Gasteiger partial charge in [-0.15, -0.1) is 0 Å². The summed E-state index contributed by atoms with van der Waals surface area (Å²) in [5.74, 6) is -5.08. The Hall–Kier alpha value is -2.69. The highest BCUT2D eigenvalue weighted by Gasteiger charge is 2.33. The number of carbonyl (C=O) groups is 5. The Balaban J connectivity index is 2.78. The Morgan fingerprint density at radius 2 is 1.58 bits per heavy atom. The monoisotopic (exact) mass is 443 g/mol. The number of nitrogens with one attached hydrogen (secondary N) is 2. The summed E-state index contributed by atoms with van der Waals surface area (Å²) in [6, 6.07) is -3.62. The summed E-state index contributed by atoms with van der Waals surface area (Å²) in [5.41, 5.74) is 5.67. The van der Waals surface area contributed by atoms with Crippen LogP contribution in [0.1, 0.15) is 65.2 Å². The normalized spacial score (nSPS) is 17.3. The second-order valence-corrected chi connectivity index (χ2v) is 8.13. The van der Waals surface area contributed by atoms with E-state index in [1.807, 2.05) is 0 Å². The summed E-state index contributed by atoms with van der Waals surface area (Å²) in [5, 5.41) is 22.6. The van der Waals surface area contributed by atoms with Crippen LogP contribution >= 0.6 is 0 Å². The van der Waals surface area contributed by atoms with Crippen LogP contribution in [0.25, 0.3) is 0 Å². The molecule has 1 fully saturated rings. The summed E-state index contributed by atoms with van der Waals surface area (Å²) in [6.07, 6.45) is 2.89. The quantitative estimate of drug-likeness (QED) is 0.262. The number of carboxylic acid groups (broad SMARTS) is 2. The van der Waals surface area contributed by atoms with Crippen molar-refractivity contribution >= 4 is 29.7 Å². The maximum Gasteiger partial charge on any atom is 0.329 e. The molecule has 1 rings (SSSR count). The van der Waals surface area contributed by atoms with Crippen LogP contribution < -0.4 is 16.4 Å². The van der Waals surface area contributed by atoms with Crippen LogP contribution in [0.3, 0.4) is 0 Å². The molecule has 31 heavy (non-hydrogen) atoms. The fourth-order valence-electron chi connectivity index (χ4n) is 3.26. The van der Waals surface area contributed by atoms with Gasteiger partial charge in [-0.1, -0.05) is 20.3 Å². The predicted octanol–water partition coefficient (Wildman–Crippen LogP) is 0.155. The van der Waals surface area contributed by atoms with Gasteiger partial charge in [0, 0.05) is 6.42 Å². The SMILES string of the molecule is CC(C)[C@H](NC(=O)[C@@H](N)CCC(=O)O)C(=O)N[C@@H](CC(=O)O)C(=O)OC1CCCCC1. The standard InChI is InChI=1S/C20H33N3O8/c1-11(2)17(23-18(28)13(21)8-9-15(24)25)19(29)22-14(10-16(26)27)20(30)31-12-6-4-3-5-7-12/h11-14,17H,3-10,21H2,1-2H3,(H,22,29)(H,23,28)(H,24,25)(H,26,27)/t13-,14-,17-/m0/s1. The Labute approximate surface area is 181 Å². The number of carboxylic acids is 2. The summed E-state index contributed by atoms with van der Waals surface area (Å²) < 4.78 is 5.39. The Kier molecular flexibility index (Phi) is 10.9. The summed E-state index contributed by atoms with van der Waals surface area (Å²) in [4.78, 5) is 59.3. The van der Waals surface area contributed by atoms with Crippen molar-refractivity contribution in [2.24, 2.45) is 11.7 Å². The van der Waals surface area contributed by atoms with E-state index in [0.717, 1.165) is 19.3 Å². The van der Waals surface area contributed by atoms with Gasteiger partial charge in [-0.2, -0.15) is 0 Å². The number of hydrogen-bond acceptors (Lipinski definition) is 7. The lowest BCUT2D eigenvalue weighted by molar-refractivity contribution is -0.157. The van der Waals surface area contributed by atoms with Crippen molar-refractivity contribution < 1.29 is 38.9 Å². The van der Waals surface area contributed by atoms with E-state index in [-0.39, 0.29) is 18.9 Å². The van der Waals surface area contributed by atoms with Crippen molar-refractivity contribution in [2.75, 3.05) is 0 Å². The van der Waals surface area contributed by atoms with Crippen molar-refractivity contribution in [3.8, 4) is 0 Å².